The summed E-state index contributed by atoms with van der Waals surface area (Å²) in [7, 11) is 0. The molecule has 1 unspecified atom stereocenters. The molecule has 1 nitrogen and oxygen atoms in total. The minimum atomic E-state index is -0.334. The number of rotatable bonds is 2. The van der Waals surface area contributed by atoms with Crippen molar-refractivity contribution in [3.05, 3.63) is 57.8 Å². The lowest BCUT2D eigenvalue weighted by Crippen LogP contribution is -2.16. The summed E-state index contributed by atoms with van der Waals surface area (Å²) in [6, 6.07) is 10.6. The van der Waals surface area contributed by atoms with E-state index in [-0.39, 0.29) is 11.9 Å². The van der Waals surface area contributed by atoms with E-state index in [0.717, 1.165) is 17.7 Å². The van der Waals surface area contributed by atoms with Gasteiger partial charge in [0.15, 0.2) is 0 Å². The van der Waals surface area contributed by atoms with Gasteiger partial charge in [0.2, 0.25) is 0 Å². The number of halogens is 3. The summed E-state index contributed by atoms with van der Waals surface area (Å²) in [4.78, 5) is 1.20. The Bertz CT molecular complexity index is 648. The third kappa shape index (κ3) is 2.90. The zero-order chi connectivity index (χ0) is 14.1. The van der Waals surface area contributed by atoms with Gasteiger partial charge in [-0.1, -0.05) is 23.2 Å². The highest BCUT2D eigenvalue weighted by Crippen LogP contribution is 2.39. The van der Waals surface area contributed by atoms with Crippen LogP contribution in [0.1, 0.15) is 18.0 Å². The topological polar surface area (TPSA) is 12.0 Å². The summed E-state index contributed by atoms with van der Waals surface area (Å²) >= 11 is 13.6. The smallest absolute Gasteiger partial charge is 0.147 e. The minimum absolute atomic E-state index is 0.0700. The summed E-state index contributed by atoms with van der Waals surface area (Å²) in [5.74, 6) is 0.668. The van der Waals surface area contributed by atoms with E-state index in [9.17, 15) is 4.39 Å². The maximum absolute atomic E-state index is 13.9. The third-order valence-electron chi connectivity index (χ3n) is 3.27. The average molecular weight is 328 g/mol. The van der Waals surface area contributed by atoms with Crippen LogP contribution in [0.15, 0.2) is 41.3 Å². The first-order chi connectivity index (χ1) is 9.63. The average Bonchev–Trinajstić information content (AvgIpc) is 2.42. The zero-order valence-electron chi connectivity index (χ0n) is 10.5. The van der Waals surface area contributed by atoms with Crippen molar-refractivity contribution in [3.8, 4) is 0 Å². The maximum Gasteiger partial charge on any atom is 0.147 e. The molecule has 1 N–H and O–H groups in total. The van der Waals surface area contributed by atoms with Crippen molar-refractivity contribution in [2.75, 3.05) is 11.1 Å². The molecule has 3 rings (SSSR count). The van der Waals surface area contributed by atoms with Crippen LogP contribution in [-0.4, -0.2) is 5.75 Å². The SMILES string of the molecule is Fc1cc(Cl)ccc1NC1CCSc2ccc(Cl)cc21. The Morgan fingerprint density at radius 2 is 1.85 bits per heavy atom. The Morgan fingerprint density at radius 3 is 2.65 bits per heavy atom. The van der Waals surface area contributed by atoms with Gasteiger partial charge < -0.3 is 5.32 Å². The second-order valence-electron chi connectivity index (χ2n) is 4.64. The molecule has 0 amide bonds. The Morgan fingerprint density at radius 1 is 1.10 bits per heavy atom. The van der Waals surface area contributed by atoms with Crippen molar-refractivity contribution < 1.29 is 4.39 Å². The predicted octanol–water partition coefficient (Wildman–Crippen LogP) is 5.78. The van der Waals surface area contributed by atoms with Crippen molar-refractivity contribution in [3.63, 3.8) is 0 Å². The van der Waals surface area contributed by atoms with Gasteiger partial charge in [0.1, 0.15) is 5.82 Å². The minimum Gasteiger partial charge on any atom is -0.376 e. The molecule has 1 heterocycles. The Hall–Kier alpha value is -0.900. The highest BCUT2D eigenvalue weighted by atomic mass is 35.5. The molecule has 2 aromatic rings. The number of thioether (sulfide) groups is 1. The summed E-state index contributed by atoms with van der Waals surface area (Å²) in [6.45, 7) is 0. The van der Waals surface area contributed by atoms with E-state index < -0.39 is 0 Å². The Kier molecular flexibility index (Phi) is 4.11. The molecule has 5 heteroatoms. The number of hydrogen-bond donors (Lipinski definition) is 1. The summed E-state index contributed by atoms with van der Waals surface area (Å²) in [6.07, 6.45) is 0.931. The van der Waals surface area contributed by atoms with Gasteiger partial charge in [-0.15, -0.1) is 11.8 Å². The van der Waals surface area contributed by atoms with Crippen molar-refractivity contribution in [1.82, 2.24) is 0 Å². The first-order valence-electron chi connectivity index (χ1n) is 6.27. The molecule has 0 bridgehead atoms. The number of benzene rings is 2. The van der Waals surface area contributed by atoms with Crippen molar-refractivity contribution in [2.24, 2.45) is 0 Å². The molecule has 0 saturated heterocycles. The normalized spacial score (nSPS) is 17.6. The fraction of sp³-hybridized carbons (Fsp3) is 0.200. The number of fused-ring (bicyclic) bond motifs is 1. The quantitative estimate of drug-likeness (QED) is 0.750. The van der Waals surface area contributed by atoms with Crippen molar-refractivity contribution in [2.45, 2.75) is 17.4 Å². The van der Waals surface area contributed by atoms with Gasteiger partial charge in [-0.3, -0.25) is 0 Å². The molecule has 0 spiro atoms. The molecule has 1 aliphatic heterocycles. The molecule has 1 atom stereocenters. The molecule has 0 aliphatic carbocycles. The molecule has 20 heavy (non-hydrogen) atoms. The van der Waals surface area contributed by atoms with Crippen LogP contribution in [0.25, 0.3) is 0 Å². The first kappa shape index (κ1) is 14.1. The van der Waals surface area contributed by atoms with Crippen molar-refractivity contribution >= 4 is 40.7 Å². The number of nitrogens with one attached hydrogen (secondary N) is 1. The maximum atomic E-state index is 13.9. The zero-order valence-corrected chi connectivity index (χ0v) is 12.8. The van der Waals surface area contributed by atoms with E-state index in [1.54, 1.807) is 23.9 Å². The lowest BCUT2D eigenvalue weighted by atomic mass is 10.0. The molecule has 104 valence electrons. The summed E-state index contributed by atoms with van der Waals surface area (Å²) in [5, 5.41) is 4.36. The molecule has 0 saturated carbocycles. The van der Waals surface area contributed by atoms with Gasteiger partial charge in [0.05, 0.1) is 11.7 Å². The molecular weight excluding hydrogens is 316 g/mol. The van der Waals surface area contributed by atoms with Gasteiger partial charge in [-0.05, 0) is 48.4 Å². The number of hydrogen-bond acceptors (Lipinski definition) is 2. The van der Waals surface area contributed by atoms with E-state index in [2.05, 4.69) is 5.32 Å². The molecule has 2 aromatic carbocycles. The van der Waals surface area contributed by atoms with Gasteiger partial charge in [0.25, 0.3) is 0 Å². The second kappa shape index (κ2) is 5.84. The van der Waals surface area contributed by atoms with Crippen LogP contribution < -0.4 is 5.32 Å². The highest BCUT2D eigenvalue weighted by molar-refractivity contribution is 7.99. The summed E-state index contributed by atoms with van der Waals surface area (Å²) < 4.78 is 13.9. The first-order valence-corrected chi connectivity index (χ1v) is 8.01. The Balaban J connectivity index is 1.91. The molecule has 0 radical (unpaired) electrons. The van der Waals surface area contributed by atoms with Crippen LogP contribution in [0, 0.1) is 5.82 Å². The monoisotopic (exact) mass is 327 g/mol. The standard InChI is InChI=1S/C15H12Cl2FNS/c16-9-2-4-15-11(7-9)13(5-6-20-15)19-14-3-1-10(17)8-12(14)18/h1-4,7-8,13,19H,5-6H2. The lowest BCUT2D eigenvalue weighted by molar-refractivity contribution is 0.622. The van der Waals surface area contributed by atoms with E-state index in [4.69, 9.17) is 23.2 Å². The van der Waals surface area contributed by atoms with E-state index in [0.29, 0.717) is 15.7 Å². The van der Waals surface area contributed by atoms with Crippen LogP contribution in [-0.2, 0) is 0 Å². The fourth-order valence-electron chi connectivity index (χ4n) is 2.31. The summed E-state index contributed by atoms with van der Waals surface area (Å²) in [5.41, 5.74) is 1.60. The van der Waals surface area contributed by atoms with Crippen LogP contribution >= 0.6 is 35.0 Å². The van der Waals surface area contributed by atoms with Crippen LogP contribution in [0.3, 0.4) is 0 Å². The molecule has 1 aliphatic rings. The van der Waals surface area contributed by atoms with Gasteiger partial charge in [0, 0.05) is 20.7 Å². The number of anilines is 1. The van der Waals surface area contributed by atoms with Crippen molar-refractivity contribution in [1.29, 1.82) is 0 Å². The van der Waals surface area contributed by atoms with Crippen LogP contribution in [0.2, 0.25) is 10.0 Å². The fourth-order valence-corrected chi connectivity index (χ4v) is 3.75. The molecule has 0 fully saturated rings. The third-order valence-corrected chi connectivity index (χ3v) is 4.87. The van der Waals surface area contributed by atoms with Crippen LogP contribution in [0.5, 0.6) is 0 Å². The largest absolute Gasteiger partial charge is 0.376 e. The molecular formula is C15H12Cl2FNS. The van der Waals surface area contributed by atoms with Gasteiger partial charge in [-0.2, -0.15) is 0 Å². The lowest BCUT2D eigenvalue weighted by Gasteiger charge is -2.27. The molecule has 0 aromatic heterocycles. The van der Waals surface area contributed by atoms with E-state index in [1.807, 2.05) is 18.2 Å². The van der Waals surface area contributed by atoms with Crippen LogP contribution in [0.4, 0.5) is 10.1 Å². The predicted molar refractivity (Wildman–Crippen MR) is 84.6 cm³/mol. The van der Waals surface area contributed by atoms with Gasteiger partial charge in [-0.25, -0.2) is 4.39 Å². The van der Waals surface area contributed by atoms with E-state index >= 15 is 0 Å². The highest BCUT2D eigenvalue weighted by Gasteiger charge is 2.21. The second-order valence-corrected chi connectivity index (χ2v) is 6.65. The Labute approximate surface area is 131 Å². The van der Waals surface area contributed by atoms with Gasteiger partial charge >= 0.3 is 0 Å². The van der Waals surface area contributed by atoms with E-state index in [1.165, 1.54) is 11.0 Å².